The molecule has 19 heavy (non-hydrogen) atoms. The lowest BCUT2D eigenvalue weighted by Gasteiger charge is -2.08. The standard InChI is InChI=1S/C13H9BrCl2N2O/c14-8-2-1-3-9(6-8)18-13(19)7-4-10(15)12(17)11(16)5-7/h1-6H,17H2,(H,18,19). The molecule has 0 saturated heterocycles. The van der Waals surface area contributed by atoms with Crippen molar-refractivity contribution in [2.24, 2.45) is 0 Å². The molecule has 0 atom stereocenters. The number of amides is 1. The van der Waals surface area contributed by atoms with Gasteiger partial charge in [-0.3, -0.25) is 4.79 Å². The Morgan fingerprint density at radius 2 is 1.79 bits per heavy atom. The van der Waals surface area contributed by atoms with E-state index in [0.29, 0.717) is 11.3 Å². The number of rotatable bonds is 2. The maximum absolute atomic E-state index is 12.1. The third-order valence-corrected chi connectivity index (χ3v) is 3.54. The predicted octanol–water partition coefficient (Wildman–Crippen LogP) is 4.59. The highest BCUT2D eigenvalue weighted by Crippen LogP contribution is 2.29. The molecule has 0 aliphatic heterocycles. The molecule has 0 aliphatic carbocycles. The van der Waals surface area contributed by atoms with Crippen molar-refractivity contribution in [2.45, 2.75) is 0 Å². The van der Waals surface area contributed by atoms with Crippen LogP contribution in [-0.2, 0) is 0 Å². The maximum Gasteiger partial charge on any atom is 0.255 e. The number of nitrogen functional groups attached to an aromatic ring is 1. The van der Waals surface area contributed by atoms with Gasteiger partial charge in [0.1, 0.15) is 0 Å². The molecule has 0 spiro atoms. The molecule has 0 bridgehead atoms. The fourth-order valence-electron chi connectivity index (χ4n) is 1.48. The van der Waals surface area contributed by atoms with Crippen LogP contribution in [-0.4, -0.2) is 5.91 Å². The Morgan fingerprint density at radius 1 is 1.16 bits per heavy atom. The van der Waals surface area contributed by atoms with Gasteiger partial charge >= 0.3 is 0 Å². The van der Waals surface area contributed by atoms with E-state index in [0.717, 1.165) is 4.47 Å². The Balaban J connectivity index is 2.25. The van der Waals surface area contributed by atoms with Gasteiger partial charge in [0.15, 0.2) is 0 Å². The molecular formula is C13H9BrCl2N2O. The fourth-order valence-corrected chi connectivity index (χ4v) is 2.37. The van der Waals surface area contributed by atoms with E-state index in [1.54, 1.807) is 12.1 Å². The van der Waals surface area contributed by atoms with Crippen LogP contribution in [0.4, 0.5) is 11.4 Å². The SMILES string of the molecule is Nc1c(Cl)cc(C(=O)Nc2cccc(Br)c2)cc1Cl. The smallest absolute Gasteiger partial charge is 0.255 e. The summed E-state index contributed by atoms with van der Waals surface area (Å²) in [5, 5.41) is 3.26. The van der Waals surface area contributed by atoms with Crippen molar-refractivity contribution in [1.29, 1.82) is 0 Å². The van der Waals surface area contributed by atoms with Gasteiger partial charge in [0.25, 0.3) is 5.91 Å². The van der Waals surface area contributed by atoms with Crippen molar-refractivity contribution in [3.63, 3.8) is 0 Å². The molecule has 98 valence electrons. The molecule has 0 heterocycles. The Bertz CT molecular complexity index is 623. The average Bonchev–Trinajstić information content (AvgIpc) is 2.35. The van der Waals surface area contributed by atoms with E-state index in [1.807, 2.05) is 12.1 Å². The summed E-state index contributed by atoms with van der Waals surface area (Å²) in [6.07, 6.45) is 0. The first-order valence-corrected chi connectivity index (χ1v) is 6.83. The Labute approximate surface area is 128 Å². The van der Waals surface area contributed by atoms with E-state index in [1.165, 1.54) is 12.1 Å². The van der Waals surface area contributed by atoms with Gasteiger partial charge < -0.3 is 11.1 Å². The Morgan fingerprint density at radius 3 is 2.37 bits per heavy atom. The number of hydrogen-bond donors (Lipinski definition) is 2. The molecule has 2 aromatic rings. The number of halogens is 3. The minimum atomic E-state index is -0.304. The van der Waals surface area contributed by atoms with Crippen LogP contribution in [0.3, 0.4) is 0 Å². The lowest BCUT2D eigenvalue weighted by Crippen LogP contribution is -2.12. The highest BCUT2D eigenvalue weighted by atomic mass is 79.9. The topological polar surface area (TPSA) is 55.1 Å². The van der Waals surface area contributed by atoms with Gasteiger partial charge in [0, 0.05) is 15.7 Å². The number of carbonyl (C=O) groups is 1. The van der Waals surface area contributed by atoms with Gasteiger partial charge in [-0.15, -0.1) is 0 Å². The van der Waals surface area contributed by atoms with Crippen molar-refractivity contribution < 1.29 is 4.79 Å². The van der Waals surface area contributed by atoms with E-state index in [4.69, 9.17) is 28.9 Å². The predicted molar refractivity (Wildman–Crippen MR) is 83.0 cm³/mol. The second-order valence-electron chi connectivity index (χ2n) is 3.82. The number of carbonyl (C=O) groups excluding carboxylic acids is 1. The summed E-state index contributed by atoms with van der Waals surface area (Å²) in [5.41, 5.74) is 6.91. The summed E-state index contributed by atoms with van der Waals surface area (Å²) < 4.78 is 0.874. The van der Waals surface area contributed by atoms with Crippen molar-refractivity contribution in [3.8, 4) is 0 Å². The summed E-state index contributed by atoms with van der Waals surface area (Å²) in [6.45, 7) is 0. The molecular weight excluding hydrogens is 351 g/mol. The molecule has 0 saturated carbocycles. The molecule has 0 radical (unpaired) electrons. The van der Waals surface area contributed by atoms with E-state index >= 15 is 0 Å². The maximum atomic E-state index is 12.1. The van der Waals surface area contributed by atoms with Gasteiger partial charge in [-0.25, -0.2) is 0 Å². The van der Waals surface area contributed by atoms with Crippen LogP contribution in [0.1, 0.15) is 10.4 Å². The number of hydrogen-bond acceptors (Lipinski definition) is 2. The molecule has 0 fully saturated rings. The van der Waals surface area contributed by atoms with Crippen molar-refractivity contribution >= 4 is 56.4 Å². The molecule has 0 unspecified atom stereocenters. The minimum Gasteiger partial charge on any atom is -0.396 e. The van der Waals surface area contributed by atoms with Crippen LogP contribution in [0, 0.1) is 0 Å². The zero-order valence-corrected chi connectivity index (χ0v) is 12.7. The molecule has 0 aliphatic rings. The van der Waals surface area contributed by atoms with Crippen molar-refractivity contribution in [1.82, 2.24) is 0 Å². The summed E-state index contributed by atoms with van der Waals surface area (Å²) >= 11 is 15.1. The van der Waals surface area contributed by atoms with Crippen molar-refractivity contribution in [2.75, 3.05) is 11.1 Å². The van der Waals surface area contributed by atoms with Gasteiger partial charge in [-0.2, -0.15) is 0 Å². The number of nitrogens with two attached hydrogens (primary N) is 1. The Kier molecular flexibility index (Phi) is 4.34. The van der Waals surface area contributed by atoms with Gasteiger partial charge in [-0.05, 0) is 30.3 Å². The van der Waals surface area contributed by atoms with E-state index in [9.17, 15) is 4.79 Å². The summed E-state index contributed by atoms with van der Waals surface area (Å²) in [5.74, 6) is -0.304. The first kappa shape index (κ1) is 14.2. The fraction of sp³-hybridized carbons (Fsp3) is 0. The second-order valence-corrected chi connectivity index (χ2v) is 5.55. The Hall–Kier alpha value is -1.23. The largest absolute Gasteiger partial charge is 0.396 e. The third kappa shape index (κ3) is 3.41. The molecule has 3 N–H and O–H groups in total. The molecule has 1 amide bonds. The monoisotopic (exact) mass is 358 g/mol. The van der Waals surface area contributed by atoms with Gasteiger partial charge in [0.05, 0.1) is 15.7 Å². The molecule has 6 heteroatoms. The lowest BCUT2D eigenvalue weighted by atomic mass is 10.2. The highest BCUT2D eigenvalue weighted by Gasteiger charge is 2.11. The van der Waals surface area contributed by atoms with Crippen LogP contribution < -0.4 is 11.1 Å². The van der Waals surface area contributed by atoms with Gasteiger partial charge in [-0.1, -0.05) is 45.2 Å². The first-order chi connectivity index (χ1) is 8.97. The average molecular weight is 360 g/mol. The number of anilines is 2. The molecule has 3 nitrogen and oxygen atoms in total. The highest BCUT2D eigenvalue weighted by molar-refractivity contribution is 9.10. The normalized spacial score (nSPS) is 10.3. The van der Waals surface area contributed by atoms with Crippen LogP contribution in [0.5, 0.6) is 0 Å². The van der Waals surface area contributed by atoms with Crippen LogP contribution in [0.25, 0.3) is 0 Å². The van der Waals surface area contributed by atoms with E-state index in [2.05, 4.69) is 21.2 Å². The first-order valence-electron chi connectivity index (χ1n) is 5.29. The lowest BCUT2D eigenvalue weighted by molar-refractivity contribution is 0.102. The van der Waals surface area contributed by atoms with Gasteiger partial charge in [0.2, 0.25) is 0 Å². The van der Waals surface area contributed by atoms with Crippen molar-refractivity contribution in [3.05, 3.63) is 56.5 Å². The zero-order chi connectivity index (χ0) is 14.0. The quantitative estimate of drug-likeness (QED) is 0.770. The zero-order valence-electron chi connectivity index (χ0n) is 9.58. The number of nitrogens with one attached hydrogen (secondary N) is 1. The second kappa shape index (κ2) is 5.82. The van der Waals surface area contributed by atoms with Crippen LogP contribution >= 0.6 is 39.1 Å². The van der Waals surface area contributed by atoms with E-state index in [-0.39, 0.29) is 21.6 Å². The summed E-state index contributed by atoms with van der Waals surface area (Å²) in [6, 6.07) is 10.2. The summed E-state index contributed by atoms with van der Waals surface area (Å²) in [7, 11) is 0. The molecule has 2 rings (SSSR count). The molecule has 0 aromatic heterocycles. The molecule has 2 aromatic carbocycles. The van der Waals surface area contributed by atoms with Crippen LogP contribution in [0.15, 0.2) is 40.9 Å². The number of benzene rings is 2. The van der Waals surface area contributed by atoms with Crippen LogP contribution in [0.2, 0.25) is 10.0 Å². The minimum absolute atomic E-state index is 0.256. The summed E-state index contributed by atoms with van der Waals surface area (Å²) in [4.78, 5) is 12.1. The third-order valence-electron chi connectivity index (χ3n) is 2.42. The van der Waals surface area contributed by atoms with E-state index < -0.39 is 0 Å².